The zero-order valence-electron chi connectivity index (χ0n) is 15.3. The number of carbonyl (C=O) groups is 1. The summed E-state index contributed by atoms with van der Waals surface area (Å²) < 4.78 is 7.48. The van der Waals surface area contributed by atoms with E-state index in [4.69, 9.17) is 9.72 Å². The molecule has 1 aliphatic rings. The van der Waals surface area contributed by atoms with Crippen LogP contribution in [0.3, 0.4) is 0 Å². The first kappa shape index (κ1) is 16.6. The van der Waals surface area contributed by atoms with E-state index in [0.717, 1.165) is 28.3 Å². The van der Waals surface area contributed by atoms with Crippen LogP contribution < -0.4 is 9.64 Å². The molecule has 5 heteroatoms. The Labute approximate surface area is 153 Å². The first-order valence-corrected chi connectivity index (χ1v) is 8.99. The lowest BCUT2D eigenvalue weighted by Gasteiger charge is -2.19. The highest BCUT2D eigenvalue weighted by molar-refractivity contribution is 5.96. The van der Waals surface area contributed by atoms with Gasteiger partial charge in [-0.3, -0.25) is 4.79 Å². The summed E-state index contributed by atoms with van der Waals surface area (Å²) in [7, 11) is 1.64. The number of rotatable bonds is 4. The van der Waals surface area contributed by atoms with Crippen LogP contribution in [0.1, 0.15) is 38.1 Å². The summed E-state index contributed by atoms with van der Waals surface area (Å²) >= 11 is 0. The van der Waals surface area contributed by atoms with Gasteiger partial charge in [-0.1, -0.05) is 12.1 Å². The molecule has 0 spiro atoms. The Morgan fingerprint density at radius 2 is 1.85 bits per heavy atom. The third-order valence-electron chi connectivity index (χ3n) is 5.01. The fourth-order valence-electron chi connectivity index (χ4n) is 3.79. The number of amides is 1. The van der Waals surface area contributed by atoms with E-state index in [1.165, 1.54) is 0 Å². The molecule has 3 aromatic rings. The number of imidazole rings is 1. The van der Waals surface area contributed by atoms with Gasteiger partial charge in [0.2, 0.25) is 5.91 Å². The quantitative estimate of drug-likeness (QED) is 0.711. The number of nitrogens with zero attached hydrogens (tertiary/aromatic N) is 3. The summed E-state index contributed by atoms with van der Waals surface area (Å²) in [5, 5.41) is 0. The predicted molar refractivity (Wildman–Crippen MR) is 103 cm³/mol. The molecular weight excluding hydrogens is 326 g/mol. The van der Waals surface area contributed by atoms with Crippen molar-refractivity contribution >= 4 is 22.6 Å². The number of hydrogen-bond acceptors (Lipinski definition) is 3. The summed E-state index contributed by atoms with van der Waals surface area (Å²) in [6.07, 6.45) is 0.488. The highest BCUT2D eigenvalue weighted by Crippen LogP contribution is 2.35. The number of anilines is 1. The molecule has 26 heavy (non-hydrogen) atoms. The summed E-state index contributed by atoms with van der Waals surface area (Å²) in [5.41, 5.74) is 3.03. The maximum Gasteiger partial charge on any atom is 0.227 e. The largest absolute Gasteiger partial charge is 0.497 e. The number of ether oxygens (including phenoxy) is 1. The zero-order chi connectivity index (χ0) is 18.3. The molecular formula is C21H23N3O2. The van der Waals surface area contributed by atoms with Crippen molar-refractivity contribution in [1.82, 2.24) is 9.55 Å². The van der Waals surface area contributed by atoms with Crippen LogP contribution in [-0.2, 0) is 4.79 Å². The van der Waals surface area contributed by atoms with Gasteiger partial charge in [0.15, 0.2) is 0 Å². The van der Waals surface area contributed by atoms with Crippen LogP contribution in [-0.4, -0.2) is 29.1 Å². The van der Waals surface area contributed by atoms with E-state index in [1.807, 2.05) is 47.4 Å². The zero-order valence-corrected chi connectivity index (χ0v) is 15.3. The topological polar surface area (TPSA) is 47.4 Å². The molecule has 1 saturated heterocycles. The molecule has 0 bridgehead atoms. The SMILES string of the molecule is COc1ccc(N2C[C@H](c3nc4ccccc4n3C(C)C)CC2=O)cc1. The van der Waals surface area contributed by atoms with Crippen LogP contribution in [0.4, 0.5) is 5.69 Å². The van der Waals surface area contributed by atoms with Crippen molar-refractivity contribution in [1.29, 1.82) is 0 Å². The second-order valence-electron chi connectivity index (χ2n) is 7.03. The molecule has 1 fully saturated rings. The van der Waals surface area contributed by atoms with E-state index >= 15 is 0 Å². The maximum atomic E-state index is 12.7. The molecule has 4 rings (SSSR count). The number of fused-ring (bicyclic) bond motifs is 1. The third-order valence-corrected chi connectivity index (χ3v) is 5.01. The minimum Gasteiger partial charge on any atom is -0.497 e. The van der Waals surface area contributed by atoms with E-state index in [-0.39, 0.29) is 11.8 Å². The van der Waals surface area contributed by atoms with Gasteiger partial charge in [-0.15, -0.1) is 0 Å². The molecule has 1 amide bonds. The lowest BCUT2D eigenvalue weighted by molar-refractivity contribution is -0.117. The number of hydrogen-bond donors (Lipinski definition) is 0. The van der Waals surface area contributed by atoms with Crippen molar-refractivity contribution < 1.29 is 9.53 Å². The number of benzene rings is 2. The second kappa shape index (κ2) is 6.48. The van der Waals surface area contributed by atoms with Crippen LogP contribution in [0, 0.1) is 0 Å². The summed E-state index contributed by atoms with van der Waals surface area (Å²) in [5.74, 6) is 2.03. The molecule has 0 unspecified atom stereocenters. The number of aromatic nitrogens is 2. The van der Waals surface area contributed by atoms with Crippen LogP contribution in [0.2, 0.25) is 0 Å². The fraction of sp³-hybridized carbons (Fsp3) is 0.333. The van der Waals surface area contributed by atoms with Crippen molar-refractivity contribution in [3.05, 3.63) is 54.4 Å². The lowest BCUT2D eigenvalue weighted by atomic mass is 10.1. The van der Waals surface area contributed by atoms with Gasteiger partial charge in [-0.05, 0) is 50.2 Å². The second-order valence-corrected chi connectivity index (χ2v) is 7.03. The van der Waals surface area contributed by atoms with E-state index < -0.39 is 0 Å². The molecule has 134 valence electrons. The lowest BCUT2D eigenvalue weighted by Crippen LogP contribution is -2.24. The molecule has 0 N–H and O–H groups in total. The van der Waals surface area contributed by atoms with E-state index in [9.17, 15) is 4.79 Å². The Balaban J connectivity index is 1.68. The Bertz CT molecular complexity index is 944. The monoisotopic (exact) mass is 349 g/mol. The van der Waals surface area contributed by atoms with Crippen LogP contribution >= 0.6 is 0 Å². The molecule has 2 heterocycles. The van der Waals surface area contributed by atoms with Crippen molar-refractivity contribution in [3.8, 4) is 5.75 Å². The maximum absolute atomic E-state index is 12.7. The number of carbonyl (C=O) groups excluding carboxylic acids is 1. The first-order chi connectivity index (χ1) is 12.6. The standard InChI is InChI=1S/C21H23N3O2/c1-14(2)24-19-7-5-4-6-18(19)22-21(24)15-12-20(25)23(13-15)16-8-10-17(26-3)11-9-16/h4-11,14-15H,12-13H2,1-3H3/t15-/m1/s1. The van der Waals surface area contributed by atoms with Crippen LogP contribution in [0.5, 0.6) is 5.75 Å². The smallest absolute Gasteiger partial charge is 0.227 e. The van der Waals surface area contributed by atoms with Crippen LogP contribution in [0.15, 0.2) is 48.5 Å². The molecule has 5 nitrogen and oxygen atoms in total. The minimum absolute atomic E-state index is 0.0967. The van der Waals surface area contributed by atoms with Crippen molar-refractivity contribution in [3.63, 3.8) is 0 Å². The van der Waals surface area contributed by atoms with Crippen molar-refractivity contribution in [2.75, 3.05) is 18.6 Å². The van der Waals surface area contributed by atoms with E-state index in [0.29, 0.717) is 19.0 Å². The van der Waals surface area contributed by atoms with Crippen molar-refractivity contribution in [2.24, 2.45) is 0 Å². The minimum atomic E-state index is 0.0967. The van der Waals surface area contributed by atoms with Crippen molar-refractivity contribution in [2.45, 2.75) is 32.2 Å². The molecule has 0 saturated carbocycles. The van der Waals surface area contributed by atoms with Crippen LogP contribution in [0.25, 0.3) is 11.0 Å². The average Bonchev–Trinajstić information content (AvgIpc) is 3.22. The Morgan fingerprint density at radius 1 is 1.12 bits per heavy atom. The predicted octanol–water partition coefficient (Wildman–Crippen LogP) is 4.15. The number of methoxy groups -OCH3 is 1. The first-order valence-electron chi connectivity index (χ1n) is 8.99. The molecule has 0 aliphatic carbocycles. The van der Waals surface area contributed by atoms with Gasteiger partial charge in [-0.25, -0.2) is 4.98 Å². The van der Waals surface area contributed by atoms with Gasteiger partial charge in [0.25, 0.3) is 0 Å². The highest BCUT2D eigenvalue weighted by atomic mass is 16.5. The summed E-state index contributed by atoms with van der Waals surface area (Å²) in [6.45, 7) is 4.98. The highest BCUT2D eigenvalue weighted by Gasteiger charge is 2.35. The normalized spacial score (nSPS) is 17.5. The van der Waals surface area contributed by atoms with Gasteiger partial charge < -0.3 is 14.2 Å². The third kappa shape index (κ3) is 2.73. The molecule has 0 radical (unpaired) electrons. The summed E-state index contributed by atoms with van der Waals surface area (Å²) in [6, 6.07) is 16.1. The van der Waals surface area contributed by atoms with E-state index in [1.54, 1.807) is 7.11 Å². The van der Waals surface area contributed by atoms with Gasteiger partial charge in [-0.2, -0.15) is 0 Å². The molecule has 1 aromatic heterocycles. The number of para-hydroxylation sites is 2. The Morgan fingerprint density at radius 3 is 2.54 bits per heavy atom. The van der Waals surface area contributed by atoms with Gasteiger partial charge in [0.1, 0.15) is 11.6 Å². The Kier molecular flexibility index (Phi) is 4.15. The Hall–Kier alpha value is -2.82. The summed E-state index contributed by atoms with van der Waals surface area (Å²) in [4.78, 5) is 19.4. The van der Waals surface area contributed by atoms with Gasteiger partial charge in [0.05, 0.1) is 18.1 Å². The van der Waals surface area contributed by atoms with E-state index in [2.05, 4.69) is 24.5 Å². The van der Waals surface area contributed by atoms with Gasteiger partial charge in [0, 0.05) is 30.6 Å². The molecule has 2 aromatic carbocycles. The molecule has 1 aliphatic heterocycles. The van der Waals surface area contributed by atoms with Gasteiger partial charge >= 0.3 is 0 Å². The average molecular weight is 349 g/mol. The molecule has 1 atom stereocenters. The fourth-order valence-corrected chi connectivity index (χ4v) is 3.79.